The maximum absolute atomic E-state index is 13.3. The molecule has 0 spiro atoms. The molecule has 1 aliphatic carbocycles. The lowest BCUT2D eigenvalue weighted by atomic mass is 9.90. The van der Waals surface area contributed by atoms with Crippen LogP contribution in [0.2, 0.25) is 0 Å². The van der Waals surface area contributed by atoms with Crippen molar-refractivity contribution in [2.75, 3.05) is 25.5 Å². The summed E-state index contributed by atoms with van der Waals surface area (Å²) in [6.45, 7) is 1.26. The number of carbonyl (C=O) groups is 1. The Morgan fingerprint density at radius 2 is 1.84 bits per heavy atom. The van der Waals surface area contributed by atoms with E-state index in [1.54, 1.807) is 47.8 Å². The van der Waals surface area contributed by atoms with Gasteiger partial charge >= 0.3 is 0 Å². The number of fused-ring (bicyclic) bond motifs is 1. The molecular formula is C28H33N3O4S2. The number of amides is 1. The van der Waals surface area contributed by atoms with Crippen molar-refractivity contribution in [3.05, 3.63) is 76.2 Å². The number of ether oxygens (including phenoxy) is 1. The lowest BCUT2D eigenvalue weighted by molar-refractivity contribution is 0.0951. The van der Waals surface area contributed by atoms with E-state index in [1.165, 1.54) is 41.0 Å². The second kappa shape index (κ2) is 11.2. The number of piperidine rings is 1. The summed E-state index contributed by atoms with van der Waals surface area (Å²) in [6, 6.07) is 17.1. The van der Waals surface area contributed by atoms with Gasteiger partial charge in [0.05, 0.1) is 13.7 Å². The van der Waals surface area contributed by atoms with E-state index < -0.39 is 10.0 Å². The van der Waals surface area contributed by atoms with Crippen molar-refractivity contribution >= 4 is 33.0 Å². The van der Waals surface area contributed by atoms with Gasteiger partial charge in [-0.15, -0.1) is 11.3 Å². The van der Waals surface area contributed by atoms with Crippen LogP contribution >= 0.6 is 11.3 Å². The van der Waals surface area contributed by atoms with Gasteiger partial charge in [0.15, 0.2) is 0 Å². The van der Waals surface area contributed by atoms with E-state index in [4.69, 9.17) is 4.74 Å². The summed E-state index contributed by atoms with van der Waals surface area (Å²) in [5, 5.41) is 6.57. The van der Waals surface area contributed by atoms with Gasteiger partial charge in [0.1, 0.15) is 9.96 Å². The number of thiophene rings is 1. The molecule has 7 nitrogen and oxygen atoms in total. The molecule has 1 saturated heterocycles. The predicted molar refractivity (Wildman–Crippen MR) is 147 cm³/mol. The van der Waals surface area contributed by atoms with Crippen LogP contribution in [-0.2, 0) is 29.4 Å². The molecule has 0 unspecified atom stereocenters. The number of aryl methyl sites for hydroxylation is 1. The molecule has 37 heavy (non-hydrogen) atoms. The number of nitrogens with zero attached hydrogens (tertiary/aromatic N) is 1. The second-order valence-electron chi connectivity index (χ2n) is 9.61. The molecule has 0 atom stereocenters. The van der Waals surface area contributed by atoms with Gasteiger partial charge in [-0.1, -0.05) is 18.2 Å². The van der Waals surface area contributed by atoms with Crippen molar-refractivity contribution in [2.45, 2.75) is 55.3 Å². The van der Waals surface area contributed by atoms with E-state index in [2.05, 4.69) is 28.8 Å². The van der Waals surface area contributed by atoms with E-state index in [-0.39, 0.29) is 18.5 Å². The van der Waals surface area contributed by atoms with E-state index in [9.17, 15) is 13.2 Å². The van der Waals surface area contributed by atoms with Crippen LogP contribution in [-0.4, -0.2) is 44.9 Å². The van der Waals surface area contributed by atoms with Crippen molar-refractivity contribution in [3.63, 3.8) is 0 Å². The zero-order valence-electron chi connectivity index (χ0n) is 21.0. The van der Waals surface area contributed by atoms with Crippen LogP contribution < -0.4 is 15.4 Å². The van der Waals surface area contributed by atoms with Crippen LogP contribution in [0.4, 0.5) is 5.69 Å². The van der Waals surface area contributed by atoms with E-state index in [0.29, 0.717) is 28.6 Å². The van der Waals surface area contributed by atoms with Gasteiger partial charge in [-0.05, 0) is 86.1 Å². The second-order valence-corrected chi connectivity index (χ2v) is 12.9. The van der Waals surface area contributed by atoms with Gasteiger partial charge in [0.2, 0.25) is 0 Å². The van der Waals surface area contributed by atoms with Crippen molar-refractivity contribution in [1.29, 1.82) is 0 Å². The SMILES string of the molecule is COc1cccc(C(=O)NCc2ccc(S(=O)(=O)N3CCC(Nc4cccc5c4CCCC5)CC3)s2)c1. The molecule has 2 aromatic carbocycles. The van der Waals surface area contributed by atoms with Crippen LogP contribution in [0.5, 0.6) is 5.75 Å². The first-order chi connectivity index (χ1) is 17.9. The van der Waals surface area contributed by atoms with Gasteiger partial charge in [0, 0.05) is 35.3 Å². The summed E-state index contributed by atoms with van der Waals surface area (Å²) in [5.41, 5.74) is 4.60. The highest BCUT2D eigenvalue weighted by Crippen LogP contribution is 2.31. The maximum Gasteiger partial charge on any atom is 0.252 e. The molecule has 2 heterocycles. The van der Waals surface area contributed by atoms with Gasteiger partial charge in [0.25, 0.3) is 15.9 Å². The van der Waals surface area contributed by atoms with E-state index >= 15 is 0 Å². The van der Waals surface area contributed by atoms with Gasteiger partial charge < -0.3 is 15.4 Å². The number of anilines is 1. The summed E-state index contributed by atoms with van der Waals surface area (Å²) < 4.78 is 33.7. The molecule has 196 valence electrons. The minimum atomic E-state index is -3.56. The number of benzene rings is 2. The number of nitrogens with one attached hydrogen (secondary N) is 2. The molecular weight excluding hydrogens is 506 g/mol. The fraction of sp³-hybridized carbons (Fsp3) is 0.393. The fourth-order valence-corrected chi connectivity index (χ4v) is 8.05. The van der Waals surface area contributed by atoms with Crippen molar-refractivity contribution < 1.29 is 17.9 Å². The number of sulfonamides is 1. The summed E-state index contributed by atoms with van der Waals surface area (Å²) in [7, 11) is -2.00. The van der Waals surface area contributed by atoms with Crippen LogP contribution in [0.1, 0.15) is 52.0 Å². The highest BCUT2D eigenvalue weighted by molar-refractivity contribution is 7.91. The third kappa shape index (κ3) is 5.84. The van der Waals surface area contributed by atoms with Crippen molar-refractivity contribution in [2.24, 2.45) is 0 Å². The summed E-state index contributed by atoms with van der Waals surface area (Å²) in [4.78, 5) is 13.3. The molecule has 2 aliphatic rings. The highest BCUT2D eigenvalue weighted by atomic mass is 32.2. The van der Waals surface area contributed by atoms with E-state index in [1.807, 2.05) is 0 Å². The fourth-order valence-electron chi connectivity index (χ4n) is 5.13. The molecule has 3 aromatic rings. The largest absolute Gasteiger partial charge is 0.497 e. The number of carbonyl (C=O) groups excluding carboxylic acids is 1. The molecule has 1 aromatic heterocycles. The predicted octanol–water partition coefficient (Wildman–Crippen LogP) is 4.83. The smallest absolute Gasteiger partial charge is 0.252 e. The van der Waals surface area contributed by atoms with Crippen molar-refractivity contribution in [3.8, 4) is 5.75 Å². The van der Waals surface area contributed by atoms with Gasteiger partial charge in [-0.25, -0.2) is 8.42 Å². The van der Waals surface area contributed by atoms with Gasteiger partial charge in [-0.2, -0.15) is 4.31 Å². The Morgan fingerprint density at radius 3 is 2.65 bits per heavy atom. The lowest BCUT2D eigenvalue weighted by Crippen LogP contribution is -2.42. The number of hydrogen-bond donors (Lipinski definition) is 2. The monoisotopic (exact) mass is 539 g/mol. The first-order valence-electron chi connectivity index (χ1n) is 12.8. The summed E-state index contributed by atoms with van der Waals surface area (Å²) in [5.74, 6) is 0.380. The van der Waals surface area contributed by atoms with Crippen LogP contribution in [0.15, 0.2) is 58.8 Å². The topological polar surface area (TPSA) is 87.7 Å². The lowest BCUT2D eigenvalue weighted by Gasteiger charge is -2.32. The summed E-state index contributed by atoms with van der Waals surface area (Å²) in [6.07, 6.45) is 6.30. The Labute approximate surface area is 222 Å². The third-order valence-electron chi connectivity index (χ3n) is 7.20. The Balaban J connectivity index is 1.16. The molecule has 0 bridgehead atoms. The first-order valence-corrected chi connectivity index (χ1v) is 15.1. The Kier molecular flexibility index (Phi) is 7.83. The minimum Gasteiger partial charge on any atom is -0.497 e. The molecule has 0 saturated carbocycles. The molecule has 5 rings (SSSR count). The Morgan fingerprint density at radius 1 is 1.05 bits per heavy atom. The minimum absolute atomic E-state index is 0.231. The molecule has 1 amide bonds. The number of hydrogen-bond acceptors (Lipinski definition) is 6. The first kappa shape index (κ1) is 25.8. The molecule has 1 aliphatic heterocycles. The zero-order chi connectivity index (χ0) is 25.8. The molecule has 0 radical (unpaired) electrons. The molecule has 9 heteroatoms. The standard InChI is InChI=1S/C28H33N3O4S2/c1-35-23-9-4-8-21(18-23)28(32)29-19-24-12-13-27(36-24)37(33,34)31-16-14-22(15-17-31)30-26-11-5-7-20-6-2-3-10-25(20)26/h4-5,7-9,11-13,18,22,30H,2-3,6,10,14-17,19H2,1H3,(H,29,32). The zero-order valence-corrected chi connectivity index (χ0v) is 22.7. The van der Waals surface area contributed by atoms with Crippen molar-refractivity contribution in [1.82, 2.24) is 9.62 Å². The summed E-state index contributed by atoms with van der Waals surface area (Å²) >= 11 is 1.21. The number of rotatable bonds is 8. The highest BCUT2D eigenvalue weighted by Gasteiger charge is 2.31. The van der Waals surface area contributed by atoms with Crippen LogP contribution in [0, 0.1) is 0 Å². The van der Waals surface area contributed by atoms with E-state index in [0.717, 1.165) is 30.6 Å². The quantitative estimate of drug-likeness (QED) is 0.428. The Bertz CT molecular complexity index is 1360. The Hall–Kier alpha value is -2.88. The third-order valence-corrected chi connectivity index (χ3v) is 10.6. The van der Waals surface area contributed by atoms with Crippen LogP contribution in [0.3, 0.4) is 0 Å². The average Bonchev–Trinajstić information content (AvgIpc) is 3.42. The molecule has 2 N–H and O–H groups in total. The van der Waals surface area contributed by atoms with Crippen LogP contribution in [0.25, 0.3) is 0 Å². The maximum atomic E-state index is 13.3. The average molecular weight is 540 g/mol. The van der Waals surface area contributed by atoms with Gasteiger partial charge in [-0.3, -0.25) is 4.79 Å². The normalized spacial score (nSPS) is 16.7. The number of methoxy groups -OCH3 is 1. The molecule has 1 fully saturated rings.